The van der Waals surface area contributed by atoms with Gasteiger partial charge in [-0.05, 0) is 29.8 Å². The number of hydrogen-bond acceptors (Lipinski definition) is 6. The van der Waals surface area contributed by atoms with Crippen molar-refractivity contribution in [2.45, 2.75) is 13.1 Å². The lowest BCUT2D eigenvalue weighted by molar-refractivity contribution is 0.114. The maximum absolute atomic E-state index is 6.07. The molecule has 150 valence electrons. The molecule has 2 aliphatic rings. The smallest absolute Gasteiger partial charge is 0.231 e. The van der Waals surface area contributed by atoms with E-state index in [1.807, 2.05) is 30.3 Å². The summed E-state index contributed by atoms with van der Waals surface area (Å²) in [5.74, 6) is 3.18. The summed E-state index contributed by atoms with van der Waals surface area (Å²) in [4.78, 5) is 9.28. The van der Waals surface area contributed by atoms with Crippen LogP contribution in [-0.2, 0) is 13.1 Å². The number of hydrogen-bond donors (Lipinski definition) is 0. The Hall–Kier alpha value is -2.54. The molecule has 3 heterocycles. The summed E-state index contributed by atoms with van der Waals surface area (Å²) in [6.07, 6.45) is 1.77. The largest absolute Gasteiger partial charge is 0.454 e. The SMILES string of the molecule is Clc1cccc(-c2cnc(CN3CCN(Cc4ccc5c(c4)OCO5)CC3)o2)c1. The van der Waals surface area contributed by atoms with Crippen molar-refractivity contribution in [3.8, 4) is 22.8 Å². The summed E-state index contributed by atoms with van der Waals surface area (Å²) in [6.45, 7) is 5.95. The molecule has 0 saturated carbocycles. The number of aromatic nitrogens is 1. The highest BCUT2D eigenvalue weighted by atomic mass is 35.5. The molecule has 2 aromatic carbocycles. The van der Waals surface area contributed by atoms with Crippen LogP contribution in [0.4, 0.5) is 0 Å². The molecule has 0 radical (unpaired) electrons. The minimum Gasteiger partial charge on any atom is -0.454 e. The van der Waals surface area contributed by atoms with Crippen molar-refractivity contribution in [2.24, 2.45) is 0 Å². The lowest BCUT2D eigenvalue weighted by atomic mass is 10.1. The number of halogens is 1. The van der Waals surface area contributed by atoms with Crippen LogP contribution in [0.15, 0.2) is 53.1 Å². The number of oxazole rings is 1. The topological polar surface area (TPSA) is 51.0 Å². The molecule has 0 atom stereocenters. The summed E-state index contributed by atoms with van der Waals surface area (Å²) < 4.78 is 16.8. The zero-order valence-electron chi connectivity index (χ0n) is 16.0. The molecule has 1 fully saturated rings. The fourth-order valence-electron chi connectivity index (χ4n) is 3.75. The molecule has 2 aliphatic heterocycles. The van der Waals surface area contributed by atoms with Crippen molar-refractivity contribution < 1.29 is 13.9 Å². The van der Waals surface area contributed by atoms with Crippen molar-refractivity contribution in [3.63, 3.8) is 0 Å². The van der Waals surface area contributed by atoms with Crippen LogP contribution in [-0.4, -0.2) is 47.8 Å². The van der Waals surface area contributed by atoms with E-state index < -0.39 is 0 Å². The molecular formula is C22H22ClN3O3. The normalized spacial score (nSPS) is 17.0. The van der Waals surface area contributed by atoms with Gasteiger partial charge in [0.2, 0.25) is 12.7 Å². The van der Waals surface area contributed by atoms with Gasteiger partial charge in [0.1, 0.15) is 0 Å². The van der Waals surface area contributed by atoms with Gasteiger partial charge in [0.15, 0.2) is 17.3 Å². The van der Waals surface area contributed by atoms with Gasteiger partial charge in [-0.1, -0.05) is 29.8 Å². The van der Waals surface area contributed by atoms with Gasteiger partial charge in [-0.3, -0.25) is 9.80 Å². The lowest BCUT2D eigenvalue weighted by Crippen LogP contribution is -2.45. The molecule has 6 nitrogen and oxygen atoms in total. The zero-order chi connectivity index (χ0) is 19.6. The molecule has 0 N–H and O–H groups in total. The van der Waals surface area contributed by atoms with E-state index in [1.165, 1.54) is 5.56 Å². The van der Waals surface area contributed by atoms with E-state index in [9.17, 15) is 0 Å². The van der Waals surface area contributed by atoms with Crippen LogP contribution < -0.4 is 9.47 Å². The van der Waals surface area contributed by atoms with Crippen LogP contribution in [0, 0.1) is 0 Å². The van der Waals surface area contributed by atoms with Gasteiger partial charge in [-0.25, -0.2) is 4.98 Å². The van der Waals surface area contributed by atoms with Gasteiger partial charge in [-0.2, -0.15) is 0 Å². The predicted molar refractivity (Wildman–Crippen MR) is 110 cm³/mol. The van der Waals surface area contributed by atoms with Crippen LogP contribution in [0.1, 0.15) is 11.5 Å². The number of ether oxygens (including phenoxy) is 2. The van der Waals surface area contributed by atoms with Crippen LogP contribution in [0.3, 0.4) is 0 Å². The summed E-state index contributed by atoms with van der Waals surface area (Å²) in [5, 5.41) is 0.694. The maximum Gasteiger partial charge on any atom is 0.231 e. The molecular weight excluding hydrogens is 390 g/mol. The summed E-state index contributed by atoms with van der Waals surface area (Å²) in [7, 11) is 0. The van der Waals surface area contributed by atoms with Gasteiger partial charge < -0.3 is 13.9 Å². The lowest BCUT2D eigenvalue weighted by Gasteiger charge is -2.34. The second kappa shape index (κ2) is 8.06. The van der Waals surface area contributed by atoms with Crippen molar-refractivity contribution in [3.05, 3.63) is 65.1 Å². The van der Waals surface area contributed by atoms with Gasteiger partial charge in [0.05, 0.1) is 12.7 Å². The second-order valence-corrected chi connectivity index (χ2v) is 7.80. The summed E-state index contributed by atoms with van der Waals surface area (Å²) >= 11 is 6.07. The molecule has 0 aliphatic carbocycles. The third-order valence-electron chi connectivity index (χ3n) is 5.33. The van der Waals surface area contributed by atoms with Crippen molar-refractivity contribution in [2.75, 3.05) is 33.0 Å². The Morgan fingerprint density at radius 1 is 0.897 bits per heavy atom. The van der Waals surface area contributed by atoms with Gasteiger partial charge in [0.25, 0.3) is 0 Å². The Bertz CT molecular complexity index is 998. The minimum atomic E-state index is 0.317. The molecule has 0 amide bonds. The van der Waals surface area contributed by atoms with E-state index in [0.717, 1.165) is 68.0 Å². The van der Waals surface area contributed by atoms with Crippen LogP contribution in [0.25, 0.3) is 11.3 Å². The second-order valence-electron chi connectivity index (χ2n) is 7.37. The Labute approximate surface area is 174 Å². The Morgan fingerprint density at radius 3 is 2.52 bits per heavy atom. The minimum absolute atomic E-state index is 0.317. The fraction of sp³-hybridized carbons (Fsp3) is 0.318. The summed E-state index contributed by atoms with van der Waals surface area (Å²) in [6, 6.07) is 13.8. The number of fused-ring (bicyclic) bond motifs is 1. The van der Waals surface area contributed by atoms with Crippen molar-refractivity contribution in [1.29, 1.82) is 0 Å². The molecule has 3 aromatic rings. The molecule has 5 rings (SSSR count). The first-order valence-electron chi connectivity index (χ1n) is 9.77. The maximum atomic E-state index is 6.07. The van der Waals surface area contributed by atoms with E-state index in [4.69, 9.17) is 25.5 Å². The third kappa shape index (κ3) is 4.24. The number of benzene rings is 2. The average molecular weight is 412 g/mol. The Morgan fingerprint density at radius 2 is 1.69 bits per heavy atom. The molecule has 29 heavy (non-hydrogen) atoms. The monoisotopic (exact) mass is 411 g/mol. The third-order valence-corrected chi connectivity index (χ3v) is 5.56. The first-order valence-corrected chi connectivity index (χ1v) is 10.1. The average Bonchev–Trinajstić information content (AvgIpc) is 3.39. The standard InChI is InChI=1S/C22H22ClN3O3/c23-18-3-1-2-17(11-18)21-12-24-22(29-21)14-26-8-6-25(7-9-26)13-16-4-5-19-20(10-16)28-15-27-19/h1-5,10-12H,6-9,13-15H2. The Balaban J connectivity index is 1.14. The summed E-state index contributed by atoms with van der Waals surface area (Å²) in [5.41, 5.74) is 2.20. The van der Waals surface area contributed by atoms with Gasteiger partial charge >= 0.3 is 0 Å². The molecule has 0 unspecified atom stereocenters. The molecule has 0 bridgehead atoms. The van der Waals surface area contributed by atoms with E-state index >= 15 is 0 Å². The quantitative estimate of drug-likeness (QED) is 0.631. The zero-order valence-corrected chi connectivity index (χ0v) is 16.8. The van der Waals surface area contributed by atoms with Crippen molar-refractivity contribution in [1.82, 2.24) is 14.8 Å². The first kappa shape index (κ1) is 18.5. The molecule has 0 spiro atoms. The highest BCUT2D eigenvalue weighted by Crippen LogP contribution is 2.33. The number of rotatable bonds is 5. The number of nitrogens with zero attached hydrogens (tertiary/aromatic N) is 3. The number of piperazine rings is 1. The van der Waals surface area contributed by atoms with E-state index in [0.29, 0.717) is 11.8 Å². The van der Waals surface area contributed by atoms with Crippen LogP contribution >= 0.6 is 11.6 Å². The molecule has 1 aromatic heterocycles. The van der Waals surface area contributed by atoms with Gasteiger partial charge in [-0.15, -0.1) is 0 Å². The fourth-order valence-corrected chi connectivity index (χ4v) is 3.94. The van der Waals surface area contributed by atoms with Crippen LogP contribution in [0.5, 0.6) is 11.5 Å². The van der Waals surface area contributed by atoms with E-state index in [2.05, 4.69) is 26.9 Å². The predicted octanol–water partition coefficient (Wildman–Crippen LogP) is 4.04. The van der Waals surface area contributed by atoms with E-state index in [-0.39, 0.29) is 0 Å². The van der Waals surface area contributed by atoms with E-state index in [1.54, 1.807) is 6.20 Å². The van der Waals surface area contributed by atoms with Gasteiger partial charge in [0, 0.05) is 43.3 Å². The highest BCUT2D eigenvalue weighted by Gasteiger charge is 2.20. The van der Waals surface area contributed by atoms with Crippen LogP contribution in [0.2, 0.25) is 5.02 Å². The van der Waals surface area contributed by atoms with Crippen molar-refractivity contribution >= 4 is 11.6 Å². The molecule has 1 saturated heterocycles. The molecule has 7 heteroatoms. The highest BCUT2D eigenvalue weighted by molar-refractivity contribution is 6.30. The Kier molecular flexibility index (Phi) is 5.14. The first-order chi connectivity index (χ1) is 14.2.